The van der Waals surface area contributed by atoms with E-state index in [1.165, 1.54) is 41.2 Å². The highest BCUT2D eigenvalue weighted by atomic mass is 31.2. The van der Waals surface area contributed by atoms with E-state index < -0.39 is 45.4 Å². The molecular weight excluding hydrogens is 452 g/mol. The molecule has 1 saturated heterocycles. The second-order valence-electron chi connectivity index (χ2n) is 6.96. The number of para-hydroxylation sites is 1. The highest BCUT2D eigenvalue weighted by Gasteiger charge is 2.70. The maximum Gasteiger partial charge on any atom is 0.514 e. The van der Waals surface area contributed by atoms with Crippen molar-refractivity contribution in [3.05, 3.63) is 60.4 Å². The van der Waals surface area contributed by atoms with Gasteiger partial charge in [-0.2, -0.15) is 0 Å². The summed E-state index contributed by atoms with van der Waals surface area (Å²) in [4.78, 5) is 32.7. The second kappa shape index (κ2) is 8.80. The van der Waals surface area contributed by atoms with E-state index in [2.05, 4.69) is 0 Å². The minimum absolute atomic E-state index is 0.124. The van der Waals surface area contributed by atoms with E-state index in [-0.39, 0.29) is 11.3 Å². The van der Waals surface area contributed by atoms with Crippen molar-refractivity contribution in [2.24, 2.45) is 0 Å². The molecule has 2 atom stereocenters. The van der Waals surface area contributed by atoms with Crippen molar-refractivity contribution < 1.29 is 51.9 Å². The Bertz CT molecular complexity index is 1020. The molecule has 0 bridgehead atoms. The van der Waals surface area contributed by atoms with E-state index in [0.717, 1.165) is 0 Å². The van der Waals surface area contributed by atoms with Crippen LogP contribution in [0.15, 0.2) is 54.9 Å². The third-order valence-electron chi connectivity index (χ3n) is 4.25. The first-order valence-electron chi connectivity index (χ1n) is 9.11. The fourth-order valence-electron chi connectivity index (χ4n) is 2.76. The van der Waals surface area contributed by atoms with Gasteiger partial charge >= 0.3 is 26.4 Å². The number of nitrogens with zero attached hydrogens (tertiary/aromatic N) is 1. The molecule has 1 aliphatic heterocycles. The van der Waals surface area contributed by atoms with Gasteiger partial charge in [-0.1, -0.05) is 24.3 Å². The number of benzene rings is 1. The summed E-state index contributed by atoms with van der Waals surface area (Å²) in [6.07, 6.45) is -0.561. The first-order chi connectivity index (χ1) is 14.5. The summed E-state index contributed by atoms with van der Waals surface area (Å²) >= 11 is 0. The summed E-state index contributed by atoms with van der Waals surface area (Å²) < 4.78 is 47.1. The van der Waals surface area contributed by atoms with Crippen molar-refractivity contribution in [1.82, 2.24) is 0 Å². The van der Waals surface area contributed by atoms with Gasteiger partial charge in [0, 0.05) is 12.1 Å². The fraction of sp³-hybridized carbons (Fsp3) is 0.333. The number of rotatable bonds is 5. The summed E-state index contributed by atoms with van der Waals surface area (Å²) in [5.41, 5.74) is -0.124. The molecule has 2 aromatic rings. The average molecular weight is 474 g/mol. The predicted molar refractivity (Wildman–Crippen MR) is 105 cm³/mol. The molecule has 1 fully saturated rings. The van der Waals surface area contributed by atoms with E-state index in [1.54, 1.807) is 32.0 Å². The number of aliphatic hydroxyl groups is 1. The SMILES string of the molecule is CC(C)OC(=O)Oc1ccccc1C1OP(=O)(O)C(O)(C[n+]2ccccc2)P(=O)(O)O1. The Hall–Kier alpha value is -2.10. The first kappa shape index (κ1) is 23.6. The van der Waals surface area contributed by atoms with Crippen molar-refractivity contribution in [2.75, 3.05) is 0 Å². The van der Waals surface area contributed by atoms with Crippen LogP contribution < -0.4 is 9.30 Å². The van der Waals surface area contributed by atoms with Gasteiger partial charge in [0.25, 0.3) is 0 Å². The van der Waals surface area contributed by atoms with Gasteiger partial charge in [-0.05, 0) is 19.9 Å². The Labute approximate surface area is 177 Å². The summed E-state index contributed by atoms with van der Waals surface area (Å²) in [5, 5.41) is 7.63. The zero-order valence-electron chi connectivity index (χ0n) is 16.6. The first-order valence-corrected chi connectivity index (χ1v) is 12.3. The van der Waals surface area contributed by atoms with Crippen LogP contribution in [0, 0.1) is 0 Å². The number of carbonyl (C=O) groups excluding carboxylic acids is 1. The van der Waals surface area contributed by atoms with E-state index in [0.29, 0.717) is 0 Å². The summed E-state index contributed by atoms with van der Waals surface area (Å²) in [6.45, 7) is 2.47. The van der Waals surface area contributed by atoms with Crippen LogP contribution in [0.5, 0.6) is 5.75 Å². The molecule has 3 N–H and O–H groups in total. The van der Waals surface area contributed by atoms with E-state index >= 15 is 0 Å². The predicted octanol–water partition coefficient (Wildman–Crippen LogP) is 2.66. The zero-order chi connectivity index (χ0) is 22.9. The molecule has 0 aliphatic carbocycles. The quantitative estimate of drug-likeness (QED) is 0.255. The van der Waals surface area contributed by atoms with Gasteiger partial charge in [0.05, 0.1) is 11.7 Å². The Morgan fingerprint density at radius 1 is 1.10 bits per heavy atom. The molecule has 1 aromatic heterocycles. The molecule has 0 amide bonds. The van der Waals surface area contributed by atoms with Crippen LogP contribution in [-0.2, 0) is 29.5 Å². The van der Waals surface area contributed by atoms with Crippen molar-refractivity contribution in [2.45, 2.75) is 37.9 Å². The minimum atomic E-state index is -5.17. The lowest BCUT2D eigenvalue weighted by Crippen LogP contribution is -2.49. The second-order valence-corrected chi connectivity index (χ2v) is 11.3. The molecule has 1 aliphatic rings. The lowest BCUT2D eigenvalue weighted by Gasteiger charge is -2.39. The molecule has 31 heavy (non-hydrogen) atoms. The van der Waals surface area contributed by atoms with Gasteiger partial charge in [-0.15, -0.1) is 0 Å². The standard InChI is InChI=1S/C18H21NO10P2/c1-13(2)26-17(20)27-15-9-5-4-8-14(15)16-28-30(22,23)18(21,31(24,25)29-16)12-19-10-6-3-7-11-19/h3-11,13,16,21H,12H2,1-2H3,(H-,22,23,24,25)/p+1. The summed E-state index contributed by atoms with van der Waals surface area (Å²) in [5.74, 6) is -0.180. The molecule has 2 unspecified atom stereocenters. The summed E-state index contributed by atoms with van der Waals surface area (Å²) in [7, 11) is -10.3. The highest BCUT2D eigenvalue weighted by molar-refractivity contribution is 7.73. The van der Waals surface area contributed by atoms with Gasteiger partial charge in [-0.25, -0.2) is 9.36 Å². The number of hydrogen-bond donors (Lipinski definition) is 3. The lowest BCUT2D eigenvalue weighted by atomic mass is 10.2. The van der Waals surface area contributed by atoms with Crippen LogP contribution in [0.4, 0.5) is 4.79 Å². The number of ether oxygens (including phenoxy) is 2. The average Bonchev–Trinajstić information content (AvgIpc) is 2.66. The van der Waals surface area contributed by atoms with Crippen LogP contribution >= 0.6 is 15.2 Å². The number of carbonyl (C=O) groups is 1. The third kappa shape index (κ3) is 4.88. The normalized spacial score (nSPS) is 30.7. The van der Waals surface area contributed by atoms with Crippen LogP contribution in [0.3, 0.4) is 0 Å². The molecule has 11 nitrogen and oxygen atoms in total. The number of aromatic nitrogens is 1. The van der Waals surface area contributed by atoms with Gasteiger partial charge in [-0.3, -0.25) is 18.2 Å². The molecule has 2 heterocycles. The highest BCUT2D eigenvalue weighted by Crippen LogP contribution is 2.78. The molecule has 0 saturated carbocycles. The maximum absolute atomic E-state index is 12.9. The Morgan fingerprint density at radius 3 is 2.26 bits per heavy atom. The van der Waals surface area contributed by atoms with Gasteiger partial charge in [0.2, 0.25) is 12.8 Å². The minimum Gasteiger partial charge on any atom is -0.431 e. The molecule has 1 aromatic carbocycles. The van der Waals surface area contributed by atoms with Crippen LogP contribution in [0.25, 0.3) is 0 Å². The molecule has 13 heteroatoms. The van der Waals surface area contributed by atoms with Crippen LogP contribution in [0.2, 0.25) is 0 Å². The lowest BCUT2D eigenvalue weighted by molar-refractivity contribution is -0.703. The van der Waals surface area contributed by atoms with Crippen LogP contribution in [-0.4, -0.2) is 32.2 Å². The molecule has 0 radical (unpaired) electrons. The van der Waals surface area contributed by atoms with Crippen LogP contribution in [0.1, 0.15) is 25.7 Å². The smallest absolute Gasteiger partial charge is 0.431 e. The summed E-state index contributed by atoms with van der Waals surface area (Å²) in [6, 6.07) is 10.4. The number of pyridine rings is 1. The Balaban J connectivity index is 1.92. The largest absolute Gasteiger partial charge is 0.514 e. The fourth-order valence-corrected chi connectivity index (χ4v) is 6.24. The Kier molecular flexibility index (Phi) is 6.69. The topological polar surface area (TPSA) is 153 Å². The van der Waals surface area contributed by atoms with E-state index in [9.17, 15) is 28.8 Å². The van der Waals surface area contributed by atoms with Crippen molar-refractivity contribution in [1.29, 1.82) is 0 Å². The van der Waals surface area contributed by atoms with E-state index in [4.69, 9.17) is 18.5 Å². The molecule has 0 spiro atoms. The van der Waals surface area contributed by atoms with Gasteiger partial charge < -0.3 is 24.4 Å². The molecule has 168 valence electrons. The van der Waals surface area contributed by atoms with Gasteiger partial charge in [0.1, 0.15) is 5.75 Å². The van der Waals surface area contributed by atoms with Crippen molar-refractivity contribution in [3.8, 4) is 5.75 Å². The monoisotopic (exact) mass is 474 g/mol. The van der Waals surface area contributed by atoms with Crippen molar-refractivity contribution in [3.63, 3.8) is 0 Å². The van der Waals surface area contributed by atoms with Gasteiger partial charge in [0.15, 0.2) is 12.4 Å². The third-order valence-corrected chi connectivity index (χ3v) is 8.82. The maximum atomic E-state index is 12.9. The molecule has 3 rings (SSSR count). The number of hydrogen-bond acceptors (Lipinski definition) is 8. The zero-order valence-corrected chi connectivity index (χ0v) is 18.4. The Morgan fingerprint density at radius 2 is 1.68 bits per heavy atom. The van der Waals surface area contributed by atoms with E-state index in [1.807, 2.05) is 0 Å². The molecular formula is C18H22NO10P2+. The van der Waals surface area contributed by atoms with Crippen molar-refractivity contribution >= 4 is 21.3 Å².